The highest BCUT2D eigenvalue weighted by atomic mass is 16.2. The molecule has 0 aliphatic heterocycles. The molecular weight excluding hydrogens is 344 g/mol. The summed E-state index contributed by atoms with van der Waals surface area (Å²) in [6, 6.07) is 7.65. The maximum Gasteiger partial charge on any atom is 0.271 e. The predicted molar refractivity (Wildman–Crippen MR) is 101 cm³/mol. The van der Waals surface area contributed by atoms with Gasteiger partial charge in [0, 0.05) is 32.4 Å². The lowest BCUT2D eigenvalue weighted by molar-refractivity contribution is -0.121. The van der Waals surface area contributed by atoms with E-state index in [1.807, 2.05) is 42.8 Å². The van der Waals surface area contributed by atoms with E-state index in [0.29, 0.717) is 19.4 Å². The van der Waals surface area contributed by atoms with Crippen molar-refractivity contribution in [1.82, 2.24) is 30.2 Å². The molecule has 0 spiro atoms. The van der Waals surface area contributed by atoms with E-state index in [1.165, 1.54) is 18.6 Å². The lowest BCUT2D eigenvalue weighted by atomic mass is 10.2. The first kappa shape index (κ1) is 18.5. The first-order valence-electron chi connectivity index (χ1n) is 8.81. The summed E-state index contributed by atoms with van der Waals surface area (Å²) >= 11 is 0. The lowest BCUT2D eigenvalue weighted by Gasteiger charge is -2.14. The zero-order valence-electron chi connectivity index (χ0n) is 15.3. The molecule has 0 fully saturated rings. The number of imidazole rings is 1. The van der Waals surface area contributed by atoms with Crippen LogP contribution in [0, 0.1) is 0 Å². The van der Waals surface area contributed by atoms with Crippen LogP contribution >= 0.6 is 0 Å². The minimum Gasteiger partial charge on any atom is -0.351 e. The van der Waals surface area contributed by atoms with Crippen LogP contribution in [0.5, 0.6) is 0 Å². The fraction of sp³-hybridized carbons (Fsp3) is 0.316. The molecule has 2 heterocycles. The van der Waals surface area contributed by atoms with Crippen LogP contribution in [0.15, 0.2) is 42.9 Å². The number of hydrogen-bond acceptors (Lipinski definition) is 5. The number of carbonyl (C=O) groups is 2. The van der Waals surface area contributed by atoms with Crippen LogP contribution in [0.25, 0.3) is 11.0 Å². The van der Waals surface area contributed by atoms with E-state index in [4.69, 9.17) is 0 Å². The summed E-state index contributed by atoms with van der Waals surface area (Å²) in [4.78, 5) is 36.4. The van der Waals surface area contributed by atoms with E-state index in [-0.39, 0.29) is 23.6 Å². The molecular formula is C19H22N6O2. The van der Waals surface area contributed by atoms with Gasteiger partial charge in [0.1, 0.15) is 11.5 Å². The Morgan fingerprint density at radius 2 is 2.04 bits per heavy atom. The first-order valence-corrected chi connectivity index (χ1v) is 8.81. The molecule has 2 amide bonds. The number of nitrogens with one attached hydrogen (secondary N) is 2. The largest absolute Gasteiger partial charge is 0.351 e. The van der Waals surface area contributed by atoms with Gasteiger partial charge in [-0.1, -0.05) is 12.1 Å². The number of aryl methyl sites for hydroxylation is 1. The smallest absolute Gasteiger partial charge is 0.271 e. The van der Waals surface area contributed by atoms with Gasteiger partial charge in [0.05, 0.1) is 23.3 Å². The lowest BCUT2D eigenvalue weighted by Crippen LogP contribution is -2.30. The number of rotatable bonds is 7. The number of hydrogen-bond donors (Lipinski definition) is 2. The highest BCUT2D eigenvalue weighted by molar-refractivity contribution is 5.91. The third kappa shape index (κ3) is 4.46. The van der Waals surface area contributed by atoms with Gasteiger partial charge in [-0.15, -0.1) is 0 Å². The second-order valence-corrected chi connectivity index (χ2v) is 6.26. The number of carbonyl (C=O) groups excluding carboxylic acids is 2. The van der Waals surface area contributed by atoms with Crippen molar-refractivity contribution in [2.24, 2.45) is 7.05 Å². The standard InChI is InChI=1S/C19H22N6O2/c1-13(18-24-14-6-3-4-7-16(14)25(18)2)23-17(26)8-5-9-22-19(27)15-12-20-10-11-21-15/h3-4,6-7,10-13H,5,8-9H2,1-2H3,(H,22,27)(H,23,26). The monoisotopic (exact) mass is 366 g/mol. The van der Waals surface area contributed by atoms with E-state index in [9.17, 15) is 9.59 Å². The van der Waals surface area contributed by atoms with Gasteiger partial charge in [0.2, 0.25) is 5.91 Å². The SMILES string of the molecule is CC(NC(=O)CCCNC(=O)c1cnccn1)c1nc2ccccc2n1C. The molecule has 27 heavy (non-hydrogen) atoms. The Kier molecular flexibility index (Phi) is 5.75. The van der Waals surface area contributed by atoms with Crippen molar-refractivity contribution in [3.63, 3.8) is 0 Å². The Balaban J connectivity index is 1.46. The van der Waals surface area contributed by atoms with Crippen molar-refractivity contribution in [2.45, 2.75) is 25.8 Å². The van der Waals surface area contributed by atoms with E-state index in [1.54, 1.807) is 0 Å². The second-order valence-electron chi connectivity index (χ2n) is 6.26. The van der Waals surface area contributed by atoms with Crippen LogP contribution in [-0.2, 0) is 11.8 Å². The maximum atomic E-state index is 12.2. The molecule has 1 unspecified atom stereocenters. The van der Waals surface area contributed by atoms with Crippen molar-refractivity contribution < 1.29 is 9.59 Å². The van der Waals surface area contributed by atoms with E-state index >= 15 is 0 Å². The Morgan fingerprint density at radius 3 is 2.78 bits per heavy atom. The van der Waals surface area contributed by atoms with Gasteiger partial charge in [0.25, 0.3) is 5.91 Å². The average molecular weight is 366 g/mol. The molecule has 2 N–H and O–H groups in total. The van der Waals surface area contributed by atoms with E-state index < -0.39 is 0 Å². The number of amides is 2. The van der Waals surface area contributed by atoms with Crippen molar-refractivity contribution in [3.8, 4) is 0 Å². The van der Waals surface area contributed by atoms with E-state index in [0.717, 1.165) is 16.9 Å². The Labute approximate surface area is 157 Å². The zero-order valence-corrected chi connectivity index (χ0v) is 15.3. The average Bonchev–Trinajstić information content (AvgIpc) is 3.03. The van der Waals surface area contributed by atoms with Crippen LogP contribution < -0.4 is 10.6 Å². The molecule has 0 radical (unpaired) electrons. The molecule has 8 heteroatoms. The molecule has 3 rings (SSSR count). The van der Waals surface area contributed by atoms with Crippen LogP contribution in [0.1, 0.15) is 42.1 Å². The molecule has 0 aliphatic rings. The zero-order chi connectivity index (χ0) is 19.2. The summed E-state index contributed by atoms with van der Waals surface area (Å²) in [5.41, 5.74) is 2.19. The van der Waals surface area contributed by atoms with Gasteiger partial charge in [-0.05, 0) is 25.5 Å². The minimum absolute atomic E-state index is 0.0803. The quantitative estimate of drug-likeness (QED) is 0.620. The predicted octanol–water partition coefficient (Wildman–Crippen LogP) is 1.75. The molecule has 140 valence electrons. The summed E-state index contributed by atoms with van der Waals surface area (Å²) in [6.07, 6.45) is 5.22. The summed E-state index contributed by atoms with van der Waals surface area (Å²) < 4.78 is 1.99. The Morgan fingerprint density at radius 1 is 1.22 bits per heavy atom. The van der Waals surface area contributed by atoms with Gasteiger partial charge in [0.15, 0.2) is 0 Å². The van der Waals surface area contributed by atoms with Gasteiger partial charge >= 0.3 is 0 Å². The molecule has 1 atom stereocenters. The highest BCUT2D eigenvalue weighted by Gasteiger charge is 2.16. The van der Waals surface area contributed by atoms with Crippen molar-refractivity contribution in [2.75, 3.05) is 6.54 Å². The third-order valence-corrected chi connectivity index (χ3v) is 4.25. The Bertz CT molecular complexity index is 938. The number of para-hydroxylation sites is 2. The molecule has 3 aromatic rings. The molecule has 0 bridgehead atoms. The summed E-state index contributed by atoms with van der Waals surface area (Å²) in [5.74, 6) is 0.431. The molecule has 8 nitrogen and oxygen atoms in total. The molecule has 0 saturated carbocycles. The summed E-state index contributed by atoms with van der Waals surface area (Å²) in [5, 5.41) is 5.69. The van der Waals surface area contributed by atoms with Gasteiger partial charge in [-0.2, -0.15) is 0 Å². The number of nitrogens with zero attached hydrogens (tertiary/aromatic N) is 4. The van der Waals surface area contributed by atoms with Crippen LogP contribution in [0.3, 0.4) is 0 Å². The number of fused-ring (bicyclic) bond motifs is 1. The number of aromatic nitrogens is 4. The first-order chi connectivity index (χ1) is 13.1. The molecule has 2 aromatic heterocycles. The summed E-state index contributed by atoms with van der Waals surface area (Å²) in [7, 11) is 1.94. The topological polar surface area (TPSA) is 102 Å². The van der Waals surface area contributed by atoms with Crippen molar-refractivity contribution >= 4 is 22.8 Å². The van der Waals surface area contributed by atoms with Crippen LogP contribution in [0.2, 0.25) is 0 Å². The van der Waals surface area contributed by atoms with Gasteiger partial charge < -0.3 is 15.2 Å². The van der Waals surface area contributed by atoms with E-state index in [2.05, 4.69) is 25.6 Å². The fourth-order valence-corrected chi connectivity index (χ4v) is 2.89. The Hall–Kier alpha value is -3.29. The van der Waals surface area contributed by atoms with Crippen molar-refractivity contribution in [3.05, 3.63) is 54.4 Å². The van der Waals surface area contributed by atoms with Gasteiger partial charge in [-0.25, -0.2) is 9.97 Å². The minimum atomic E-state index is -0.295. The normalized spacial score (nSPS) is 11.9. The molecule has 0 aliphatic carbocycles. The van der Waals surface area contributed by atoms with Gasteiger partial charge in [-0.3, -0.25) is 14.6 Å². The van der Waals surface area contributed by atoms with Crippen LogP contribution in [-0.4, -0.2) is 37.9 Å². The second kappa shape index (κ2) is 8.39. The van der Waals surface area contributed by atoms with Crippen LogP contribution in [0.4, 0.5) is 0 Å². The third-order valence-electron chi connectivity index (χ3n) is 4.25. The fourth-order valence-electron chi connectivity index (χ4n) is 2.89. The maximum absolute atomic E-state index is 12.2. The molecule has 0 saturated heterocycles. The highest BCUT2D eigenvalue weighted by Crippen LogP contribution is 2.19. The summed E-state index contributed by atoms with van der Waals surface area (Å²) in [6.45, 7) is 2.30. The number of benzene rings is 1. The molecule has 1 aromatic carbocycles. The van der Waals surface area contributed by atoms with Crippen molar-refractivity contribution in [1.29, 1.82) is 0 Å².